The van der Waals surface area contributed by atoms with Crippen LogP contribution >= 0.6 is 0 Å². The molecular weight excluding hydrogens is 210 g/mol. The van der Waals surface area contributed by atoms with Crippen molar-refractivity contribution in [3.8, 4) is 0 Å². The number of carboxylic acids is 1. The standard InChI is InChI=1S/C10H15N3O3/c1-7-8(6-12-13-7)2-3-9(14)11-5-4-10(15)16/h6H,2-5H2,1H3,(H,11,14)(H,12,13)(H,15,16). The number of carboxylic acid groups (broad SMARTS) is 1. The van der Waals surface area contributed by atoms with Crippen LogP contribution in [-0.4, -0.2) is 33.7 Å². The van der Waals surface area contributed by atoms with E-state index < -0.39 is 5.97 Å². The van der Waals surface area contributed by atoms with Crippen LogP contribution in [0.15, 0.2) is 6.20 Å². The SMILES string of the molecule is Cc1[nH]ncc1CCC(=O)NCCC(=O)O. The second-order valence-corrected chi connectivity index (χ2v) is 3.51. The summed E-state index contributed by atoms with van der Waals surface area (Å²) >= 11 is 0. The molecule has 1 aromatic heterocycles. The van der Waals surface area contributed by atoms with E-state index in [-0.39, 0.29) is 18.9 Å². The lowest BCUT2D eigenvalue weighted by molar-refractivity contribution is -0.136. The van der Waals surface area contributed by atoms with Gasteiger partial charge in [-0.2, -0.15) is 5.10 Å². The molecule has 1 amide bonds. The first kappa shape index (κ1) is 12.2. The fraction of sp³-hybridized carbons (Fsp3) is 0.500. The fourth-order valence-electron chi connectivity index (χ4n) is 1.27. The molecule has 0 saturated heterocycles. The minimum Gasteiger partial charge on any atom is -0.481 e. The minimum absolute atomic E-state index is 0.0452. The molecule has 0 radical (unpaired) electrons. The van der Waals surface area contributed by atoms with Crippen molar-refractivity contribution in [1.82, 2.24) is 15.5 Å². The Kier molecular flexibility index (Phi) is 4.50. The summed E-state index contributed by atoms with van der Waals surface area (Å²) < 4.78 is 0. The van der Waals surface area contributed by atoms with Crippen molar-refractivity contribution in [1.29, 1.82) is 0 Å². The van der Waals surface area contributed by atoms with Crippen molar-refractivity contribution in [2.45, 2.75) is 26.2 Å². The maximum absolute atomic E-state index is 11.3. The second-order valence-electron chi connectivity index (χ2n) is 3.51. The highest BCUT2D eigenvalue weighted by molar-refractivity contribution is 5.77. The molecule has 0 aromatic carbocycles. The summed E-state index contributed by atoms with van der Waals surface area (Å²) in [6, 6.07) is 0. The van der Waals surface area contributed by atoms with E-state index in [4.69, 9.17) is 5.11 Å². The van der Waals surface area contributed by atoms with E-state index in [1.807, 2.05) is 6.92 Å². The molecule has 0 saturated carbocycles. The van der Waals surface area contributed by atoms with E-state index in [1.54, 1.807) is 6.20 Å². The van der Waals surface area contributed by atoms with Crippen molar-refractivity contribution in [3.63, 3.8) is 0 Å². The molecule has 6 heteroatoms. The maximum Gasteiger partial charge on any atom is 0.305 e. The lowest BCUT2D eigenvalue weighted by Gasteiger charge is -2.02. The number of carbonyl (C=O) groups excluding carboxylic acids is 1. The van der Waals surface area contributed by atoms with Gasteiger partial charge in [-0.25, -0.2) is 0 Å². The molecule has 0 atom stereocenters. The van der Waals surface area contributed by atoms with Crippen LogP contribution in [0.5, 0.6) is 0 Å². The monoisotopic (exact) mass is 225 g/mol. The molecule has 6 nitrogen and oxygen atoms in total. The minimum atomic E-state index is -0.911. The van der Waals surface area contributed by atoms with Crippen molar-refractivity contribution >= 4 is 11.9 Å². The van der Waals surface area contributed by atoms with Gasteiger partial charge in [0.2, 0.25) is 5.91 Å². The van der Waals surface area contributed by atoms with Crippen LogP contribution in [0, 0.1) is 6.92 Å². The average molecular weight is 225 g/mol. The third-order valence-corrected chi connectivity index (χ3v) is 2.22. The number of H-pyrrole nitrogens is 1. The highest BCUT2D eigenvalue weighted by Gasteiger charge is 2.05. The molecule has 0 aliphatic rings. The van der Waals surface area contributed by atoms with E-state index in [1.165, 1.54) is 0 Å². The van der Waals surface area contributed by atoms with Gasteiger partial charge in [-0.1, -0.05) is 0 Å². The summed E-state index contributed by atoms with van der Waals surface area (Å²) in [5.41, 5.74) is 1.96. The number of aryl methyl sites for hydroxylation is 2. The first-order valence-corrected chi connectivity index (χ1v) is 5.07. The summed E-state index contributed by atoms with van der Waals surface area (Å²) in [6.07, 6.45) is 2.61. The Bertz CT molecular complexity index is 373. The van der Waals surface area contributed by atoms with Crippen LogP contribution < -0.4 is 5.32 Å². The number of rotatable bonds is 6. The third kappa shape index (κ3) is 4.12. The molecular formula is C10H15N3O3. The third-order valence-electron chi connectivity index (χ3n) is 2.22. The number of nitrogens with one attached hydrogen (secondary N) is 2. The van der Waals surface area contributed by atoms with Gasteiger partial charge in [0, 0.05) is 18.7 Å². The molecule has 1 heterocycles. The van der Waals surface area contributed by atoms with Crippen LogP contribution in [0.4, 0.5) is 0 Å². The second kappa shape index (κ2) is 5.89. The van der Waals surface area contributed by atoms with Crippen LogP contribution in [0.1, 0.15) is 24.1 Å². The van der Waals surface area contributed by atoms with E-state index in [0.29, 0.717) is 12.8 Å². The van der Waals surface area contributed by atoms with Gasteiger partial charge in [0.15, 0.2) is 0 Å². The van der Waals surface area contributed by atoms with Crippen molar-refractivity contribution in [3.05, 3.63) is 17.5 Å². The van der Waals surface area contributed by atoms with E-state index in [0.717, 1.165) is 11.3 Å². The van der Waals surface area contributed by atoms with Gasteiger partial charge in [0.25, 0.3) is 0 Å². The first-order chi connectivity index (χ1) is 7.59. The van der Waals surface area contributed by atoms with Crippen LogP contribution in [-0.2, 0) is 16.0 Å². The lowest BCUT2D eigenvalue weighted by atomic mass is 10.1. The predicted molar refractivity (Wildman–Crippen MR) is 56.9 cm³/mol. The number of aliphatic carboxylic acids is 1. The number of amides is 1. The Morgan fingerprint density at radius 1 is 1.50 bits per heavy atom. The van der Waals surface area contributed by atoms with Crippen LogP contribution in [0.25, 0.3) is 0 Å². The zero-order valence-corrected chi connectivity index (χ0v) is 9.12. The van der Waals surface area contributed by atoms with Gasteiger partial charge >= 0.3 is 5.97 Å². The molecule has 0 fully saturated rings. The molecule has 1 aromatic rings. The Morgan fingerprint density at radius 2 is 2.25 bits per heavy atom. The number of carbonyl (C=O) groups is 2. The van der Waals surface area contributed by atoms with E-state index in [2.05, 4.69) is 15.5 Å². The number of hydrogen-bond donors (Lipinski definition) is 3. The van der Waals surface area contributed by atoms with Gasteiger partial charge in [-0.15, -0.1) is 0 Å². The van der Waals surface area contributed by atoms with Gasteiger partial charge in [-0.3, -0.25) is 14.7 Å². The molecule has 88 valence electrons. The number of hydrogen-bond acceptors (Lipinski definition) is 3. The Balaban J connectivity index is 2.20. The van der Waals surface area contributed by atoms with Crippen LogP contribution in [0.2, 0.25) is 0 Å². The summed E-state index contributed by atoms with van der Waals surface area (Å²) in [5, 5.41) is 17.6. The molecule has 0 aliphatic heterocycles. The highest BCUT2D eigenvalue weighted by Crippen LogP contribution is 2.05. The lowest BCUT2D eigenvalue weighted by Crippen LogP contribution is -2.26. The topological polar surface area (TPSA) is 95.1 Å². The Hall–Kier alpha value is -1.85. The average Bonchev–Trinajstić information content (AvgIpc) is 2.60. The zero-order valence-electron chi connectivity index (χ0n) is 9.12. The molecule has 16 heavy (non-hydrogen) atoms. The molecule has 0 bridgehead atoms. The molecule has 0 spiro atoms. The molecule has 0 unspecified atom stereocenters. The van der Waals surface area contributed by atoms with Crippen LogP contribution in [0.3, 0.4) is 0 Å². The molecule has 0 aliphatic carbocycles. The van der Waals surface area contributed by atoms with Crippen molar-refractivity contribution in [2.24, 2.45) is 0 Å². The van der Waals surface area contributed by atoms with Gasteiger partial charge in [0.1, 0.15) is 0 Å². The fourth-order valence-corrected chi connectivity index (χ4v) is 1.27. The van der Waals surface area contributed by atoms with Gasteiger partial charge < -0.3 is 10.4 Å². The first-order valence-electron chi connectivity index (χ1n) is 5.07. The zero-order chi connectivity index (χ0) is 12.0. The highest BCUT2D eigenvalue weighted by atomic mass is 16.4. The predicted octanol–water partition coefficient (Wildman–Crippen LogP) is 0.242. The summed E-state index contributed by atoms with van der Waals surface area (Å²) in [5.74, 6) is -1.05. The van der Waals surface area contributed by atoms with Gasteiger partial charge in [0.05, 0.1) is 12.6 Å². The van der Waals surface area contributed by atoms with E-state index >= 15 is 0 Å². The summed E-state index contributed by atoms with van der Waals surface area (Å²) in [7, 11) is 0. The molecule has 3 N–H and O–H groups in total. The van der Waals surface area contributed by atoms with Crippen molar-refractivity contribution in [2.75, 3.05) is 6.54 Å². The largest absolute Gasteiger partial charge is 0.481 e. The normalized spacial score (nSPS) is 10.1. The molecule has 1 rings (SSSR count). The Labute approximate surface area is 93.1 Å². The quantitative estimate of drug-likeness (QED) is 0.646. The maximum atomic E-state index is 11.3. The number of aromatic amines is 1. The number of aromatic nitrogens is 2. The smallest absolute Gasteiger partial charge is 0.305 e. The van der Waals surface area contributed by atoms with Crippen molar-refractivity contribution < 1.29 is 14.7 Å². The summed E-state index contributed by atoms with van der Waals surface area (Å²) in [6.45, 7) is 2.07. The number of nitrogens with zero attached hydrogens (tertiary/aromatic N) is 1. The Morgan fingerprint density at radius 3 is 2.81 bits per heavy atom. The van der Waals surface area contributed by atoms with E-state index in [9.17, 15) is 9.59 Å². The van der Waals surface area contributed by atoms with Gasteiger partial charge in [-0.05, 0) is 18.9 Å². The summed E-state index contributed by atoms with van der Waals surface area (Å²) in [4.78, 5) is 21.5.